The molecule has 2 aliphatic rings. The zero-order valence-electron chi connectivity index (χ0n) is 48.4. The number of hydrogen-bond acceptors (Lipinski definition) is 0. The van der Waals surface area contributed by atoms with Crippen LogP contribution in [0.5, 0.6) is 0 Å². The van der Waals surface area contributed by atoms with Gasteiger partial charge in [-0.15, -0.1) is 0 Å². The second-order valence-corrected chi connectivity index (χ2v) is 28.3. The fraction of sp³-hybridized carbons (Fsp3) is 0.0164. The van der Waals surface area contributed by atoms with Crippen LogP contribution in [-0.4, -0.2) is 30.2 Å². The monoisotopic (exact) mass is 1010 g/mol. The van der Waals surface area contributed by atoms with Crippen LogP contribution in [0.2, 0.25) is 0 Å². The molecule has 0 amide bonds. The first-order valence-electron chi connectivity index (χ1n) is 28.0. The summed E-state index contributed by atoms with van der Waals surface area (Å²) in [6.07, 6.45) is 0. The zero-order chi connectivity index (χ0) is 55.8. The fourth-order valence-electron chi connectivity index (χ4n) is 9.47. The molecule has 0 atom stereocenters. The van der Waals surface area contributed by atoms with Gasteiger partial charge in [-0.05, 0) is 0 Å². The van der Waals surface area contributed by atoms with E-state index >= 15 is 0 Å². The fourth-order valence-corrected chi connectivity index (χ4v) is 19.4. The molecule has 4 heteroatoms. The first kappa shape index (κ1) is 28.2. The Morgan fingerprint density at radius 1 is 0.292 bits per heavy atom. The molecule has 0 nitrogen and oxygen atoms in total. The molecule has 308 valence electrons. The molecule has 10 aromatic carbocycles. The molecule has 0 aliphatic heterocycles. The molecule has 0 unspecified atom stereocenters. The quantitative estimate of drug-likeness (QED) is 0.105. The third-order valence-corrected chi connectivity index (χ3v) is 26.6. The Hall–Kier alpha value is -5.90. The van der Waals surface area contributed by atoms with Gasteiger partial charge in [-0.2, -0.15) is 0 Å². The molecule has 12 rings (SSSR count). The van der Waals surface area contributed by atoms with Crippen LogP contribution in [-0.2, 0) is 5.41 Å². The molecule has 0 heterocycles. The van der Waals surface area contributed by atoms with Crippen LogP contribution in [0.3, 0.4) is 0 Å². The normalized spacial score (nSPS) is 16.2. The number of fused-ring (bicyclic) bond motifs is 10. The SMILES string of the molecule is [2H]c1c([2H])c([2H])c2c(c1[2H])-c1c([2H])c([2H])c([2H])c([2H])c1C21c2c([2H])c(-c3ccc(P(=[Se])(c4ccccc4)c4ccccc4)cc3)c([2H])c([2H])c2-c2c([2H])c([2H])c(-c3ccc(P(=[Se])(c4ccccc4)c4ccccc4)cc3)c([2H])c21. The van der Waals surface area contributed by atoms with Crippen molar-refractivity contribution in [3.05, 3.63) is 277 Å². The van der Waals surface area contributed by atoms with Gasteiger partial charge in [0.25, 0.3) is 0 Å². The van der Waals surface area contributed by atoms with Crippen LogP contribution >= 0.6 is 11.0 Å². The van der Waals surface area contributed by atoms with Crippen molar-refractivity contribution < 1.29 is 19.2 Å². The minimum atomic E-state index is -2.40. The Bertz CT molecular complexity index is 3970. The number of rotatable bonds is 8. The van der Waals surface area contributed by atoms with E-state index in [-0.39, 0.29) is 55.6 Å². The molecule has 2 aliphatic carbocycles. The van der Waals surface area contributed by atoms with Crippen LogP contribution in [0.4, 0.5) is 0 Å². The van der Waals surface area contributed by atoms with E-state index in [0.29, 0.717) is 11.1 Å². The van der Waals surface area contributed by atoms with E-state index in [2.05, 4.69) is 78.7 Å². The van der Waals surface area contributed by atoms with E-state index in [0.717, 1.165) is 31.8 Å². The van der Waals surface area contributed by atoms with E-state index in [9.17, 15) is 16.4 Å². The van der Waals surface area contributed by atoms with Crippen LogP contribution < -0.4 is 31.8 Å². The molecule has 10 aromatic rings. The Morgan fingerprint density at radius 3 is 0.923 bits per heavy atom. The average molecular weight is 1010 g/mol. The molecule has 0 fully saturated rings. The van der Waals surface area contributed by atoms with Crippen molar-refractivity contribution in [2.45, 2.75) is 5.41 Å². The van der Waals surface area contributed by atoms with Gasteiger partial charge < -0.3 is 0 Å². The standard InChI is InChI=1S/C61H42P2Se2/c64-62(47-17-5-1-6-18-47,48-19-7-2-8-20-48)51-35-29-43(30-36-51)45-33-39-55-56-40-34-46(42-60(56)61(59(55)41-45)57-27-15-13-25-53(57)54-26-14-16-28-58(54)61)44-31-37-52(38-32-44)63(65,49-21-9-3-10-22-49)50-23-11-4-12-24-50/h1-42H/i13D,14D,15D,16D,25D,26D,27D,28D,33D,34D,39D,40D,41D,42D. The first-order valence-corrected chi connectivity index (χ1v) is 29.0. The molecule has 0 saturated heterocycles. The van der Waals surface area contributed by atoms with Crippen LogP contribution in [0.15, 0.2) is 254 Å². The summed E-state index contributed by atoms with van der Waals surface area (Å²) in [5.41, 5.74) is -8.50. The van der Waals surface area contributed by atoms with Gasteiger partial charge in [0, 0.05) is 0 Å². The van der Waals surface area contributed by atoms with Crippen molar-refractivity contribution in [1.82, 2.24) is 0 Å². The molecule has 0 saturated carbocycles. The van der Waals surface area contributed by atoms with Crippen molar-refractivity contribution in [3.8, 4) is 44.5 Å². The molecular weight excluding hydrogens is 953 g/mol. The van der Waals surface area contributed by atoms with Gasteiger partial charge >= 0.3 is 399 Å². The van der Waals surface area contributed by atoms with Gasteiger partial charge in [-0.3, -0.25) is 0 Å². The van der Waals surface area contributed by atoms with Crippen molar-refractivity contribution in [2.75, 3.05) is 0 Å². The van der Waals surface area contributed by atoms with Gasteiger partial charge in [0.2, 0.25) is 0 Å². The van der Waals surface area contributed by atoms with Crippen molar-refractivity contribution in [1.29, 1.82) is 0 Å². The molecule has 0 bridgehead atoms. The third-order valence-electron chi connectivity index (χ3n) is 12.5. The molecule has 1 spiro atoms. The van der Waals surface area contributed by atoms with Crippen molar-refractivity contribution in [3.63, 3.8) is 0 Å². The summed E-state index contributed by atoms with van der Waals surface area (Å²) < 4.78 is 136. The number of hydrogen-bond donors (Lipinski definition) is 0. The van der Waals surface area contributed by atoms with E-state index in [4.69, 9.17) is 2.74 Å². The van der Waals surface area contributed by atoms with Crippen LogP contribution in [0.1, 0.15) is 41.4 Å². The van der Waals surface area contributed by atoms with E-state index in [1.54, 1.807) is 24.3 Å². The molecule has 65 heavy (non-hydrogen) atoms. The summed E-state index contributed by atoms with van der Waals surface area (Å²) in [5.74, 6) is 0. The molecule has 0 radical (unpaired) electrons. The van der Waals surface area contributed by atoms with Crippen molar-refractivity contribution in [2.24, 2.45) is 0 Å². The first-order chi connectivity index (χ1) is 37.8. The van der Waals surface area contributed by atoms with Gasteiger partial charge in [0.15, 0.2) is 0 Å². The summed E-state index contributed by atoms with van der Waals surface area (Å²) in [6.45, 7) is 0. The number of benzene rings is 10. The van der Waals surface area contributed by atoms with E-state index in [1.807, 2.05) is 97.1 Å². The Labute approximate surface area is 416 Å². The van der Waals surface area contributed by atoms with Gasteiger partial charge in [0.1, 0.15) is 0 Å². The van der Waals surface area contributed by atoms with Crippen LogP contribution in [0, 0.1) is 0 Å². The maximum atomic E-state index is 10.5. The average Bonchev–Trinajstić information content (AvgIpc) is 2.66. The summed E-state index contributed by atoms with van der Waals surface area (Å²) in [7, 11) is 0. The Balaban J connectivity index is 1.17. The molecule has 0 aromatic heterocycles. The topological polar surface area (TPSA) is 0 Å². The van der Waals surface area contributed by atoms with E-state index < -0.39 is 101 Å². The minimum absolute atomic E-state index is 0.0532. The Morgan fingerprint density at radius 2 is 0.585 bits per heavy atom. The Kier molecular flexibility index (Phi) is 7.03. The summed E-state index contributed by atoms with van der Waals surface area (Å²) in [5, 5.41) is 6.12. The second-order valence-electron chi connectivity index (χ2n) is 15.9. The van der Waals surface area contributed by atoms with Gasteiger partial charge in [-0.1, -0.05) is 12.1 Å². The maximum absolute atomic E-state index is 10.5. The molecular formula is C61H42P2Se2. The third kappa shape index (κ3) is 6.32. The van der Waals surface area contributed by atoms with Crippen LogP contribution in [0.25, 0.3) is 44.5 Å². The summed E-state index contributed by atoms with van der Waals surface area (Å²) >= 11 is 7.10. The zero-order valence-corrected chi connectivity index (χ0v) is 39.6. The van der Waals surface area contributed by atoms with Gasteiger partial charge in [0.05, 0.1) is 8.22 Å². The van der Waals surface area contributed by atoms with Gasteiger partial charge in [-0.25, -0.2) is 0 Å². The predicted octanol–water partition coefficient (Wildman–Crippen LogP) is 12.1. The molecule has 0 N–H and O–H groups in total. The summed E-state index contributed by atoms with van der Waals surface area (Å²) in [6, 6.07) is 46.9. The van der Waals surface area contributed by atoms with E-state index in [1.165, 1.54) is 0 Å². The predicted molar refractivity (Wildman–Crippen MR) is 283 cm³/mol. The summed E-state index contributed by atoms with van der Waals surface area (Å²) in [4.78, 5) is 0. The van der Waals surface area contributed by atoms with Crippen molar-refractivity contribution >= 4 is 73.0 Å². The second kappa shape index (κ2) is 16.2.